The summed E-state index contributed by atoms with van der Waals surface area (Å²) in [4.78, 5) is 40.3. The van der Waals surface area contributed by atoms with Gasteiger partial charge in [-0.05, 0) is 50.5 Å². The lowest BCUT2D eigenvalue weighted by atomic mass is 9.81. The van der Waals surface area contributed by atoms with Crippen molar-refractivity contribution in [3.63, 3.8) is 0 Å². The Balaban J connectivity index is 1.96. The van der Waals surface area contributed by atoms with Gasteiger partial charge in [0.2, 0.25) is 5.91 Å². The number of rotatable bonds is 8. The quantitative estimate of drug-likeness (QED) is 0.418. The molecule has 8 nitrogen and oxygen atoms in total. The highest BCUT2D eigenvalue weighted by Gasteiger charge is 2.64. The third kappa shape index (κ3) is 5.65. The Morgan fingerprint density at radius 2 is 1.76 bits per heavy atom. The molecule has 2 aromatic rings. The summed E-state index contributed by atoms with van der Waals surface area (Å²) in [5, 5.41) is 26.5. The zero-order valence-corrected chi connectivity index (χ0v) is 22.2. The molecule has 1 heterocycles. The highest BCUT2D eigenvalue weighted by molar-refractivity contribution is 5.97. The molecule has 1 aliphatic rings. The molecule has 3 amide bonds. The second-order valence-corrected chi connectivity index (χ2v) is 10.4. The van der Waals surface area contributed by atoms with E-state index in [2.05, 4.69) is 10.6 Å². The van der Waals surface area contributed by atoms with E-state index in [4.69, 9.17) is 0 Å². The smallest absolute Gasteiger partial charge is 0.272 e. The molecule has 3 rings (SSSR count). The van der Waals surface area contributed by atoms with E-state index >= 15 is 0 Å². The fourth-order valence-corrected chi connectivity index (χ4v) is 4.82. The van der Waals surface area contributed by atoms with Crippen molar-refractivity contribution >= 4 is 17.7 Å². The fraction of sp³-hybridized carbons (Fsp3) is 0.464. The van der Waals surface area contributed by atoms with Crippen LogP contribution in [0, 0.1) is 19.3 Å². The van der Waals surface area contributed by atoms with Crippen molar-refractivity contribution < 1.29 is 33.4 Å². The van der Waals surface area contributed by atoms with E-state index in [1.807, 2.05) is 0 Å². The zero-order chi connectivity index (χ0) is 28.4. The molecule has 4 N–H and O–H groups in total. The summed E-state index contributed by atoms with van der Waals surface area (Å²) >= 11 is 0. The molecule has 2 aromatic carbocycles. The lowest BCUT2D eigenvalue weighted by molar-refractivity contribution is -0.148. The maximum atomic E-state index is 15.0. The molecule has 1 aliphatic heterocycles. The van der Waals surface area contributed by atoms with Gasteiger partial charge in [0.1, 0.15) is 11.8 Å². The number of amides is 3. The second kappa shape index (κ2) is 11.1. The van der Waals surface area contributed by atoms with E-state index in [1.54, 1.807) is 57.2 Å². The van der Waals surface area contributed by atoms with E-state index in [-0.39, 0.29) is 24.3 Å². The van der Waals surface area contributed by atoms with Gasteiger partial charge in [-0.2, -0.15) is 0 Å². The first kappa shape index (κ1) is 29.0. The number of aliphatic hydroxyl groups is 1. The number of phenols is 1. The molecule has 0 aromatic heterocycles. The lowest BCUT2D eigenvalue weighted by Crippen LogP contribution is -2.57. The van der Waals surface area contributed by atoms with Crippen molar-refractivity contribution in [3.8, 4) is 5.75 Å². The second-order valence-electron chi connectivity index (χ2n) is 10.4. The van der Waals surface area contributed by atoms with E-state index in [0.717, 1.165) is 0 Å². The third-order valence-electron chi connectivity index (χ3n) is 7.21. The first-order chi connectivity index (χ1) is 17.7. The molecule has 3 atom stereocenters. The summed E-state index contributed by atoms with van der Waals surface area (Å²) < 4.78 is 30.0. The number of hydrogen-bond donors (Lipinski definition) is 4. The van der Waals surface area contributed by atoms with Gasteiger partial charge in [-0.1, -0.05) is 44.2 Å². The zero-order valence-electron chi connectivity index (χ0n) is 22.2. The van der Waals surface area contributed by atoms with Gasteiger partial charge in [-0.15, -0.1) is 0 Å². The lowest BCUT2D eigenvalue weighted by Gasteiger charge is -2.34. The van der Waals surface area contributed by atoms with E-state index in [9.17, 15) is 33.4 Å². The predicted molar refractivity (Wildman–Crippen MR) is 138 cm³/mol. The SMILES string of the molecule is CCNC(=O)[C@@H]1N(C(=O)[C@@H](O)[C@H](Cc2ccccc2)NC(=O)c2cc(C)cc(O)c2C)CC(F)(F)C1(C)C. The number of likely N-dealkylation sites (N-methyl/N-ethyl adjacent to an activating group) is 1. The molecule has 206 valence electrons. The van der Waals surface area contributed by atoms with Crippen LogP contribution in [0.15, 0.2) is 42.5 Å². The highest BCUT2D eigenvalue weighted by Crippen LogP contribution is 2.48. The molecule has 38 heavy (non-hydrogen) atoms. The maximum absolute atomic E-state index is 15.0. The Bertz CT molecular complexity index is 1200. The Morgan fingerprint density at radius 3 is 2.37 bits per heavy atom. The number of likely N-dealkylation sites (tertiary alicyclic amines) is 1. The van der Waals surface area contributed by atoms with Gasteiger partial charge in [-0.3, -0.25) is 14.4 Å². The van der Waals surface area contributed by atoms with Gasteiger partial charge in [0.15, 0.2) is 6.10 Å². The van der Waals surface area contributed by atoms with Crippen molar-refractivity contribution in [2.45, 2.75) is 65.1 Å². The number of carbonyl (C=O) groups excluding carboxylic acids is 3. The Kier molecular flexibility index (Phi) is 8.45. The molecule has 10 heteroatoms. The summed E-state index contributed by atoms with van der Waals surface area (Å²) in [7, 11) is 0. The molecule has 0 saturated carbocycles. The number of aliphatic hydroxyl groups excluding tert-OH is 1. The summed E-state index contributed by atoms with van der Waals surface area (Å²) in [6, 6.07) is 9.09. The van der Waals surface area contributed by atoms with Crippen LogP contribution in [0.1, 0.15) is 47.8 Å². The molecule has 1 fully saturated rings. The van der Waals surface area contributed by atoms with E-state index in [0.29, 0.717) is 21.6 Å². The monoisotopic (exact) mass is 531 g/mol. The van der Waals surface area contributed by atoms with Crippen molar-refractivity contribution in [2.24, 2.45) is 5.41 Å². The first-order valence-corrected chi connectivity index (χ1v) is 12.5. The normalized spacial score (nSPS) is 19.5. The van der Waals surface area contributed by atoms with Gasteiger partial charge in [0.05, 0.1) is 18.0 Å². The molecule has 0 bridgehead atoms. The number of nitrogens with zero attached hydrogens (tertiary/aromatic N) is 1. The van der Waals surface area contributed by atoms with Crippen molar-refractivity contribution in [1.82, 2.24) is 15.5 Å². The van der Waals surface area contributed by atoms with Crippen molar-refractivity contribution in [1.29, 1.82) is 0 Å². The Hall–Kier alpha value is -3.53. The number of aromatic hydroxyl groups is 1. The van der Waals surface area contributed by atoms with Gasteiger partial charge < -0.3 is 25.7 Å². The van der Waals surface area contributed by atoms with Crippen LogP contribution in [0.4, 0.5) is 8.78 Å². The van der Waals surface area contributed by atoms with Crippen molar-refractivity contribution in [2.75, 3.05) is 13.1 Å². The highest BCUT2D eigenvalue weighted by atomic mass is 19.3. The van der Waals surface area contributed by atoms with Crippen LogP contribution in [0.25, 0.3) is 0 Å². The minimum atomic E-state index is -3.40. The van der Waals surface area contributed by atoms with Crippen LogP contribution >= 0.6 is 0 Å². The topological polar surface area (TPSA) is 119 Å². The molecule has 0 radical (unpaired) electrons. The van der Waals surface area contributed by atoms with Crippen LogP contribution in [0.5, 0.6) is 5.75 Å². The predicted octanol–water partition coefficient (Wildman–Crippen LogP) is 2.72. The largest absolute Gasteiger partial charge is 0.508 e. The number of nitrogens with one attached hydrogen (secondary N) is 2. The summed E-state index contributed by atoms with van der Waals surface area (Å²) in [5.74, 6) is -5.97. The summed E-state index contributed by atoms with van der Waals surface area (Å²) in [6.45, 7) is 6.45. The maximum Gasteiger partial charge on any atom is 0.272 e. The third-order valence-corrected chi connectivity index (χ3v) is 7.21. The van der Waals surface area contributed by atoms with Crippen LogP contribution in [-0.4, -0.2) is 70.0 Å². The van der Waals surface area contributed by atoms with Crippen LogP contribution < -0.4 is 10.6 Å². The van der Waals surface area contributed by atoms with Crippen LogP contribution in [0.3, 0.4) is 0 Å². The molecule has 0 unspecified atom stereocenters. The summed E-state index contributed by atoms with van der Waals surface area (Å²) in [6.07, 6.45) is -1.92. The van der Waals surface area contributed by atoms with Gasteiger partial charge in [0.25, 0.3) is 17.7 Å². The Morgan fingerprint density at radius 1 is 1.13 bits per heavy atom. The average Bonchev–Trinajstić information content (AvgIpc) is 3.04. The fourth-order valence-electron chi connectivity index (χ4n) is 4.82. The van der Waals surface area contributed by atoms with Gasteiger partial charge in [-0.25, -0.2) is 8.78 Å². The molecule has 0 spiro atoms. The standard InChI is InChI=1S/C28H35F2N3O5/c1-6-31-25(37)23-27(4,5)28(29,30)15-33(23)26(38)22(35)20(14-18-10-8-7-9-11-18)32-24(36)19-12-16(2)13-21(34)17(19)3/h7-13,20,22-23,34-35H,6,14-15H2,1-5H3,(H,31,37)(H,32,36)/t20-,22-,23-/m0/s1. The minimum absolute atomic E-state index is 0.00970. The van der Waals surface area contributed by atoms with Gasteiger partial charge in [0, 0.05) is 17.7 Å². The summed E-state index contributed by atoms with van der Waals surface area (Å²) in [5.41, 5.74) is -0.129. The number of phenolic OH excluding ortho intramolecular Hbond substituents is 1. The Labute approximate surface area is 221 Å². The van der Waals surface area contributed by atoms with E-state index in [1.165, 1.54) is 19.9 Å². The molecule has 1 saturated heterocycles. The molecular weight excluding hydrogens is 496 g/mol. The number of alkyl halides is 2. The average molecular weight is 532 g/mol. The molecular formula is C28H35F2N3O5. The molecule has 0 aliphatic carbocycles. The number of benzene rings is 2. The van der Waals surface area contributed by atoms with Crippen molar-refractivity contribution in [3.05, 3.63) is 64.7 Å². The van der Waals surface area contributed by atoms with Gasteiger partial charge >= 0.3 is 0 Å². The number of hydrogen-bond acceptors (Lipinski definition) is 5. The van der Waals surface area contributed by atoms with Crippen LogP contribution in [-0.2, 0) is 16.0 Å². The van der Waals surface area contributed by atoms with E-state index < -0.39 is 53.8 Å². The number of carbonyl (C=O) groups is 3. The minimum Gasteiger partial charge on any atom is -0.508 e. The first-order valence-electron chi connectivity index (χ1n) is 12.5. The number of aryl methyl sites for hydroxylation is 1. The van der Waals surface area contributed by atoms with Crippen LogP contribution in [0.2, 0.25) is 0 Å². The number of halogens is 2.